The number of benzene rings is 2. The summed E-state index contributed by atoms with van der Waals surface area (Å²) in [5.41, 5.74) is 2.17. The summed E-state index contributed by atoms with van der Waals surface area (Å²) in [7, 11) is 3.02. The highest BCUT2D eigenvalue weighted by molar-refractivity contribution is 5.76. The predicted molar refractivity (Wildman–Crippen MR) is 86.3 cm³/mol. The van der Waals surface area contributed by atoms with E-state index in [1.165, 1.54) is 20.3 Å². The highest BCUT2D eigenvalue weighted by Gasteiger charge is 2.27. The Morgan fingerprint density at radius 2 is 1.87 bits per heavy atom. The first kappa shape index (κ1) is 15.1. The number of methoxy groups -OCH3 is 2. The zero-order valence-electron chi connectivity index (χ0n) is 13.0. The fraction of sp³-hybridized carbons (Fsp3) is 0.222. The number of phenolic OH excluding ortho intramolecular Hbond substituents is 2. The minimum Gasteiger partial charge on any atom is -0.507 e. The third-order valence-electron chi connectivity index (χ3n) is 3.92. The van der Waals surface area contributed by atoms with Crippen molar-refractivity contribution < 1.29 is 24.4 Å². The quantitative estimate of drug-likeness (QED) is 0.905. The molecule has 5 heteroatoms. The number of aromatic hydroxyl groups is 2. The van der Waals surface area contributed by atoms with Gasteiger partial charge in [0.15, 0.2) is 11.5 Å². The zero-order chi connectivity index (χ0) is 16.6. The summed E-state index contributed by atoms with van der Waals surface area (Å²) in [6.45, 7) is 4.04. The Morgan fingerprint density at radius 1 is 1.09 bits per heavy atom. The smallest absolute Gasteiger partial charge is 0.160 e. The van der Waals surface area contributed by atoms with Gasteiger partial charge in [-0.1, -0.05) is 12.6 Å². The van der Waals surface area contributed by atoms with E-state index in [2.05, 4.69) is 6.58 Å². The Kier molecular flexibility index (Phi) is 3.78. The summed E-state index contributed by atoms with van der Waals surface area (Å²) in [6, 6.07) is 8.39. The van der Waals surface area contributed by atoms with Crippen LogP contribution in [0.1, 0.15) is 23.7 Å². The van der Waals surface area contributed by atoms with Gasteiger partial charge in [0.1, 0.15) is 23.4 Å². The second-order valence-electron chi connectivity index (χ2n) is 5.37. The first-order valence-electron chi connectivity index (χ1n) is 7.16. The lowest BCUT2D eigenvalue weighted by atomic mass is 9.92. The molecule has 1 aliphatic heterocycles. The fourth-order valence-corrected chi connectivity index (χ4v) is 2.76. The van der Waals surface area contributed by atoms with Crippen molar-refractivity contribution >= 4 is 5.57 Å². The number of ether oxygens (including phenoxy) is 3. The summed E-state index contributed by atoms with van der Waals surface area (Å²) in [6.07, 6.45) is 0.205. The summed E-state index contributed by atoms with van der Waals surface area (Å²) < 4.78 is 16.2. The number of hydrogen-bond donors (Lipinski definition) is 2. The van der Waals surface area contributed by atoms with Crippen molar-refractivity contribution in [2.45, 2.75) is 12.5 Å². The zero-order valence-corrected chi connectivity index (χ0v) is 13.0. The highest BCUT2D eigenvalue weighted by Crippen LogP contribution is 2.47. The van der Waals surface area contributed by atoms with E-state index >= 15 is 0 Å². The van der Waals surface area contributed by atoms with Crippen LogP contribution < -0.4 is 14.2 Å². The molecule has 2 aromatic rings. The Labute approximate surface area is 134 Å². The SMILES string of the molecule is C=C1CC(c2ccc(OC)c(O)c2)Oc2cc(OC)cc(O)c21. The maximum Gasteiger partial charge on any atom is 0.160 e. The van der Waals surface area contributed by atoms with Gasteiger partial charge in [-0.15, -0.1) is 0 Å². The summed E-state index contributed by atoms with van der Waals surface area (Å²) in [4.78, 5) is 0. The second kappa shape index (κ2) is 5.76. The molecule has 1 unspecified atom stereocenters. The van der Waals surface area contributed by atoms with Crippen LogP contribution in [0.5, 0.6) is 28.7 Å². The molecular formula is C18H18O5. The van der Waals surface area contributed by atoms with Crippen LogP contribution in [0.4, 0.5) is 0 Å². The molecule has 3 rings (SSSR count). The normalized spacial score (nSPS) is 16.4. The van der Waals surface area contributed by atoms with Gasteiger partial charge in [-0.2, -0.15) is 0 Å². The molecule has 23 heavy (non-hydrogen) atoms. The van der Waals surface area contributed by atoms with Crippen LogP contribution in [0.3, 0.4) is 0 Å². The van der Waals surface area contributed by atoms with Crippen molar-refractivity contribution in [2.24, 2.45) is 0 Å². The minimum atomic E-state index is -0.307. The van der Waals surface area contributed by atoms with E-state index in [9.17, 15) is 10.2 Å². The molecule has 1 heterocycles. The molecule has 0 radical (unpaired) electrons. The fourth-order valence-electron chi connectivity index (χ4n) is 2.76. The standard InChI is InChI=1S/C18H18O5/c1-10-6-16(11-4-5-15(22-3)13(19)7-11)23-17-9-12(21-2)8-14(20)18(10)17/h4-5,7-9,16,19-20H,1,6H2,2-3H3. The van der Waals surface area contributed by atoms with Crippen molar-refractivity contribution in [3.05, 3.63) is 48.0 Å². The van der Waals surface area contributed by atoms with Gasteiger partial charge in [-0.3, -0.25) is 0 Å². The molecule has 0 fully saturated rings. The molecule has 0 amide bonds. The van der Waals surface area contributed by atoms with Crippen molar-refractivity contribution in [3.8, 4) is 28.7 Å². The molecule has 0 bridgehead atoms. The molecule has 0 spiro atoms. The van der Waals surface area contributed by atoms with Gasteiger partial charge in [0.05, 0.1) is 19.8 Å². The number of phenols is 2. The van der Waals surface area contributed by atoms with Gasteiger partial charge in [-0.05, 0) is 23.3 Å². The first-order valence-corrected chi connectivity index (χ1v) is 7.16. The molecule has 2 aromatic carbocycles. The largest absolute Gasteiger partial charge is 0.507 e. The van der Waals surface area contributed by atoms with Crippen LogP contribution in [0.15, 0.2) is 36.9 Å². The van der Waals surface area contributed by atoms with Gasteiger partial charge >= 0.3 is 0 Å². The van der Waals surface area contributed by atoms with Gasteiger partial charge in [0, 0.05) is 18.6 Å². The lowest BCUT2D eigenvalue weighted by molar-refractivity contribution is 0.199. The average Bonchev–Trinajstić information content (AvgIpc) is 2.53. The van der Waals surface area contributed by atoms with E-state index in [1.807, 2.05) is 6.07 Å². The number of rotatable bonds is 3. The molecule has 120 valence electrons. The van der Waals surface area contributed by atoms with Crippen LogP contribution >= 0.6 is 0 Å². The van der Waals surface area contributed by atoms with Crippen LogP contribution in [-0.2, 0) is 0 Å². The molecule has 1 aliphatic rings. The van der Waals surface area contributed by atoms with E-state index in [-0.39, 0.29) is 17.6 Å². The topological polar surface area (TPSA) is 68.2 Å². The lowest BCUT2D eigenvalue weighted by Gasteiger charge is -2.29. The number of fused-ring (bicyclic) bond motifs is 1. The highest BCUT2D eigenvalue weighted by atomic mass is 16.5. The van der Waals surface area contributed by atoms with Crippen LogP contribution in [-0.4, -0.2) is 24.4 Å². The van der Waals surface area contributed by atoms with Gasteiger partial charge in [0.2, 0.25) is 0 Å². The van der Waals surface area contributed by atoms with Crippen molar-refractivity contribution in [1.29, 1.82) is 0 Å². The van der Waals surface area contributed by atoms with E-state index in [1.54, 1.807) is 18.2 Å². The van der Waals surface area contributed by atoms with Crippen molar-refractivity contribution in [3.63, 3.8) is 0 Å². The van der Waals surface area contributed by atoms with Gasteiger partial charge < -0.3 is 24.4 Å². The Bertz CT molecular complexity index is 766. The Morgan fingerprint density at radius 3 is 2.52 bits per heavy atom. The molecule has 2 N–H and O–H groups in total. The van der Waals surface area contributed by atoms with Gasteiger partial charge in [-0.25, -0.2) is 0 Å². The van der Waals surface area contributed by atoms with E-state index in [0.717, 1.165) is 11.1 Å². The summed E-state index contributed by atoms with van der Waals surface area (Å²) in [5, 5.41) is 20.1. The second-order valence-corrected chi connectivity index (χ2v) is 5.37. The monoisotopic (exact) mass is 314 g/mol. The predicted octanol–water partition coefficient (Wildman–Crippen LogP) is 3.65. The molecule has 0 saturated carbocycles. The maximum atomic E-state index is 10.1. The van der Waals surface area contributed by atoms with E-state index in [0.29, 0.717) is 29.2 Å². The van der Waals surface area contributed by atoms with Crippen LogP contribution in [0.25, 0.3) is 5.57 Å². The van der Waals surface area contributed by atoms with Crippen LogP contribution in [0.2, 0.25) is 0 Å². The molecule has 5 nitrogen and oxygen atoms in total. The first-order chi connectivity index (χ1) is 11.0. The lowest BCUT2D eigenvalue weighted by Crippen LogP contribution is -2.14. The van der Waals surface area contributed by atoms with E-state index in [4.69, 9.17) is 14.2 Å². The summed E-state index contributed by atoms with van der Waals surface area (Å²) in [5.74, 6) is 1.56. The third kappa shape index (κ3) is 2.65. The Hall–Kier alpha value is -2.82. The van der Waals surface area contributed by atoms with Crippen LogP contribution in [0, 0.1) is 0 Å². The summed E-state index contributed by atoms with van der Waals surface area (Å²) >= 11 is 0. The molecule has 1 atom stereocenters. The molecular weight excluding hydrogens is 296 g/mol. The number of hydrogen-bond acceptors (Lipinski definition) is 5. The average molecular weight is 314 g/mol. The molecule has 0 aromatic heterocycles. The van der Waals surface area contributed by atoms with E-state index < -0.39 is 0 Å². The third-order valence-corrected chi connectivity index (χ3v) is 3.92. The molecule has 0 saturated heterocycles. The van der Waals surface area contributed by atoms with Gasteiger partial charge in [0.25, 0.3) is 0 Å². The molecule has 0 aliphatic carbocycles. The maximum absolute atomic E-state index is 10.1. The Balaban J connectivity index is 1.98. The van der Waals surface area contributed by atoms with Crippen molar-refractivity contribution in [2.75, 3.05) is 14.2 Å². The minimum absolute atomic E-state index is 0.0542. The van der Waals surface area contributed by atoms with Crippen molar-refractivity contribution in [1.82, 2.24) is 0 Å².